The van der Waals surface area contributed by atoms with Gasteiger partial charge in [-0.2, -0.15) is 0 Å². The topological polar surface area (TPSA) is 76.6 Å². The van der Waals surface area contributed by atoms with Gasteiger partial charge in [0.2, 0.25) is 0 Å². The number of aromatic hydroxyl groups is 1. The molecule has 1 fully saturated rings. The first kappa shape index (κ1) is 21.4. The van der Waals surface area contributed by atoms with Crippen molar-refractivity contribution in [3.63, 3.8) is 0 Å². The number of benzene rings is 3. The number of aromatic amines is 1. The van der Waals surface area contributed by atoms with Crippen molar-refractivity contribution < 1.29 is 10.2 Å². The SMILES string of the molecule is O=c1[nH]cc(-c2ccc(CN3CCC(O)(Cc4ccccc4)CC3)cc2)c2c(O)cccc12. The maximum Gasteiger partial charge on any atom is 0.255 e. The summed E-state index contributed by atoms with van der Waals surface area (Å²) in [6.07, 6.45) is 3.90. The summed E-state index contributed by atoms with van der Waals surface area (Å²) in [6.45, 7) is 2.56. The smallest absolute Gasteiger partial charge is 0.255 e. The Morgan fingerprint density at radius 3 is 2.33 bits per heavy atom. The maximum atomic E-state index is 12.1. The summed E-state index contributed by atoms with van der Waals surface area (Å²) in [4.78, 5) is 17.3. The average molecular weight is 441 g/mol. The summed E-state index contributed by atoms with van der Waals surface area (Å²) < 4.78 is 0. The molecule has 0 unspecified atom stereocenters. The second-order valence-electron chi connectivity index (χ2n) is 9.09. The summed E-state index contributed by atoms with van der Waals surface area (Å²) in [5.74, 6) is 0.106. The molecule has 3 N–H and O–H groups in total. The largest absolute Gasteiger partial charge is 0.507 e. The summed E-state index contributed by atoms with van der Waals surface area (Å²) >= 11 is 0. The first-order valence-electron chi connectivity index (χ1n) is 11.4. The van der Waals surface area contributed by atoms with Gasteiger partial charge in [-0.05, 0) is 41.7 Å². The zero-order valence-corrected chi connectivity index (χ0v) is 18.5. The quantitative estimate of drug-likeness (QED) is 0.428. The number of aromatic nitrogens is 1. The molecule has 3 aromatic carbocycles. The summed E-state index contributed by atoms with van der Waals surface area (Å²) in [5.41, 5.74) is 3.29. The zero-order chi connectivity index (χ0) is 22.8. The lowest BCUT2D eigenvalue weighted by Gasteiger charge is -2.38. The van der Waals surface area contributed by atoms with Crippen LogP contribution in [0, 0.1) is 0 Å². The minimum atomic E-state index is -0.630. The summed E-state index contributed by atoms with van der Waals surface area (Å²) in [7, 11) is 0. The highest BCUT2D eigenvalue weighted by Gasteiger charge is 2.32. The van der Waals surface area contributed by atoms with Crippen LogP contribution in [0.25, 0.3) is 21.9 Å². The molecule has 33 heavy (non-hydrogen) atoms. The van der Waals surface area contributed by atoms with Crippen LogP contribution in [0.3, 0.4) is 0 Å². The number of hydrogen-bond donors (Lipinski definition) is 3. The van der Waals surface area contributed by atoms with E-state index in [0.29, 0.717) is 17.2 Å². The van der Waals surface area contributed by atoms with Crippen molar-refractivity contribution in [3.8, 4) is 16.9 Å². The Morgan fingerprint density at radius 2 is 1.61 bits per heavy atom. The number of H-pyrrole nitrogens is 1. The monoisotopic (exact) mass is 440 g/mol. The number of nitrogens with zero attached hydrogens (tertiary/aromatic N) is 1. The molecule has 2 heterocycles. The highest BCUT2D eigenvalue weighted by molar-refractivity contribution is 5.99. The lowest BCUT2D eigenvalue weighted by Crippen LogP contribution is -2.45. The molecule has 5 nitrogen and oxygen atoms in total. The van der Waals surface area contributed by atoms with Crippen LogP contribution >= 0.6 is 0 Å². The van der Waals surface area contributed by atoms with Crippen LogP contribution < -0.4 is 5.56 Å². The minimum Gasteiger partial charge on any atom is -0.507 e. The molecular weight excluding hydrogens is 412 g/mol. The van der Waals surface area contributed by atoms with E-state index in [1.165, 1.54) is 11.1 Å². The van der Waals surface area contributed by atoms with E-state index in [-0.39, 0.29) is 11.3 Å². The summed E-state index contributed by atoms with van der Waals surface area (Å²) in [5, 5.41) is 22.4. The molecule has 0 saturated carbocycles. The van der Waals surface area contributed by atoms with Gasteiger partial charge < -0.3 is 15.2 Å². The first-order valence-corrected chi connectivity index (χ1v) is 11.4. The van der Waals surface area contributed by atoms with E-state index in [4.69, 9.17) is 0 Å². The normalized spacial score (nSPS) is 16.2. The third-order valence-electron chi connectivity index (χ3n) is 6.74. The van der Waals surface area contributed by atoms with E-state index >= 15 is 0 Å². The number of hydrogen-bond acceptors (Lipinski definition) is 4. The molecule has 1 aliphatic rings. The van der Waals surface area contributed by atoms with Gasteiger partial charge in [-0.25, -0.2) is 0 Å². The molecule has 1 saturated heterocycles. The number of fused-ring (bicyclic) bond motifs is 1. The van der Waals surface area contributed by atoms with Crippen molar-refractivity contribution in [2.45, 2.75) is 31.4 Å². The molecule has 0 amide bonds. The van der Waals surface area contributed by atoms with E-state index in [1.54, 1.807) is 24.4 Å². The number of likely N-dealkylation sites (tertiary alicyclic amines) is 1. The van der Waals surface area contributed by atoms with Crippen LogP contribution in [0.15, 0.2) is 83.8 Å². The van der Waals surface area contributed by atoms with Gasteiger partial charge in [-0.1, -0.05) is 60.7 Å². The highest BCUT2D eigenvalue weighted by atomic mass is 16.3. The van der Waals surface area contributed by atoms with E-state index in [0.717, 1.165) is 43.6 Å². The molecular formula is C28H28N2O3. The van der Waals surface area contributed by atoms with Gasteiger partial charge in [0.1, 0.15) is 5.75 Å². The van der Waals surface area contributed by atoms with Gasteiger partial charge >= 0.3 is 0 Å². The maximum absolute atomic E-state index is 12.1. The molecule has 0 atom stereocenters. The fraction of sp³-hybridized carbons (Fsp3) is 0.250. The Bertz CT molecular complexity index is 1300. The predicted octanol–water partition coefficient (Wildman–Crippen LogP) is 4.47. The third kappa shape index (κ3) is 4.56. The molecule has 0 bridgehead atoms. The predicted molar refractivity (Wildman–Crippen MR) is 131 cm³/mol. The number of phenols is 1. The Kier molecular flexibility index (Phi) is 5.75. The molecule has 168 valence electrons. The van der Waals surface area contributed by atoms with Crippen molar-refractivity contribution in [2.75, 3.05) is 13.1 Å². The molecule has 1 aliphatic heterocycles. The van der Waals surface area contributed by atoms with Gasteiger partial charge in [0.05, 0.1) is 11.0 Å². The Balaban J connectivity index is 1.27. The second-order valence-corrected chi connectivity index (χ2v) is 9.09. The first-order chi connectivity index (χ1) is 16.0. The number of phenolic OH excluding ortho intramolecular Hbond substituents is 1. The Hall–Kier alpha value is -3.41. The molecule has 5 heteroatoms. The number of aliphatic hydroxyl groups is 1. The van der Waals surface area contributed by atoms with Crippen LogP contribution in [-0.4, -0.2) is 38.8 Å². The minimum absolute atomic E-state index is 0.106. The van der Waals surface area contributed by atoms with E-state index in [1.807, 2.05) is 30.3 Å². The Labute approximate surface area is 193 Å². The van der Waals surface area contributed by atoms with Crippen molar-refractivity contribution >= 4 is 10.8 Å². The van der Waals surface area contributed by atoms with E-state index < -0.39 is 5.60 Å². The molecule has 0 spiro atoms. The van der Waals surface area contributed by atoms with Crippen LogP contribution in [-0.2, 0) is 13.0 Å². The standard InChI is InChI=1S/C28H28N2O3/c31-25-8-4-7-23-26(25)24(18-29-27(23)32)22-11-9-21(10-12-22)19-30-15-13-28(33,14-16-30)17-20-5-2-1-3-6-20/h1-12,18,31,33H,13-17,19H2,(H,29,32). The van der Waals surface area contributed by atoms with Crippen LogP contribution in [0.2, 0.25) is 0 Å². The molecule has 0 radical (unpaired) electrons. The molecule has 1 aromatic heterocycles. The van der Waals surface area contributed by atoms with Crippen LogP contribution in [0.4, 0.5) is 0 Å². The average Bonchev–Trinajstić information content (AvgIpc) is 2.83. The number of nitrogens with one attached hydrogen (secondary N) is 1. The van der Waals surface area contributed by atoms with Gasteiger partial charge in [-0.3, -0.25) is 9.69 Å². The van der Waals surface area contributed by atoms with Crippen molar-refractivity contribution in [3.05, 3.63) is 100 Å². The summed E-state index contributed by atoms with van der Waals surface area (Å²) in [6, 6.07) is 23.5. The lowest BCUT2D eigenvalue weighted by molar-refractivity contribution is -0.0224. The zero-order valence-electron chi connectivity index (χ0n) is 18.5. The van der Waals surface area contributed by atoms with Crippen molar-refractivity contribution in [2.24, 2.45) is 0 Å². The van der Waals surface area contributed by atoms with Gasteiger partial charge in [0, 0.05) is 43.2 Å². The van der Waals surface area contributed by atoms with Crippen LogP contribution in [0.5, 0.6) is 5.75 Å². The van der Waals surface area contributed by atoms with Gasteiger partial charge in [0.25, 0.3) is 5.56 Å². The molecule has 0 aliphatic carbocycles. The van der Waals surface area contributed by atoms with Crippen LogP contribution in [0.1, 0.15) is 24.0 Å². The second kappa shape index (κ2) is 8.85. The molecule has 5 rings (SSSR count). The van der Waals surface area contributed by atoms with E-state index in [9.17, 15) is 15.0 Å². The van der Waals surface area contributed by atoms with E-state index in [2.05, 4.69) is 34.1 Å². The van der Waals surface area contributed by atoms with Crippen molar-refractivity contribution in [1.82, 2.24) is 9.88 Å². The van der Waals surface area contributed by atoms with Gasteiger partial charge in [0.15, 0.2) is 0 Å². The lowest BCUT2D eigenvalue weighted by atomic mass is 9.85. The number of piperidine rings is 1. The number of pyridine rings is 1. The Morgan fingerprint density at radius 1 is 0.879 bits per heavy atom. The number of rotatable bonds is 5. The fourth-order valence-corrected chi connectivity index (χ4v) is 4.86. The van der Waals surface area contributed by atoms with Gasteiger partial charge in [-0.15, -0.1) is 0 Å². The fourth-order valence-electron chi connectivity index (χ4n) is 4.86. The van der Waals surface area contributed by atoms with Crippen molar-refractivity contribution in [1.29, 1.82) is 0 Å². The third-order valence-corrected chi connectivity index (χ3v) is 6.74. The molecule has 4 aromatic rings. The highest BCUT2D eigenvalue weighted by Crippen LogP contribution is 2.33.